The normalized spacial score (nSPS) is 15.7. The predicted octanol–water partition coefficient (Wildman–Crippen LogP) is 3.97. The van der Waals surface area contributed by atoms with E-state index in [1.54, 1.807) is 12.1 Å². The van der Waals surface area contributed by atoms with Crippen molar-refractivity contribution in [3.8, 4) is 6.07 Å². The molecule has 0 aliphatic carbocycles. The molecule has 0 spiro atoms. The maximum absolute atomic E-state index is 13.9. The lowest BCUT2D eigenvalue weighted by atomic mass is 10.1. The van der Waals surface area contributed by atoms with Gasteiger partial charge in [-0.1, -0.05) is 18.2 Å². The van der Waals surface area contributed by atoms with Gasteiger partial charge in [0, 0.05) is 38.9 Å². The third-order valence-corrected chi connectivity index (χ3v) is 6.07. The van der Waals surface area contributed by atoms with Gasteiger partial charge < -0.3 is 13.9 Å². The molecule has 162 valence electrons. The highest BCUT2D eigenvalue weighted by Gasteiger charge is 2.23. The average molecular weight is 430 g/mol. The highest BCUT2D eigenvalue weighted by Crippen LogP contribution is 2.26. The molecule has 8 heteroatoms. The molecule has 7 nitrogen and oxygen atoms in total. The van der Waals surface area contributed by atoms with Crippen LogP contribution in [0, 0.1) is 17.1 Å². The molecule has 0 amide bonds. The number of anilines is 1. The van der Waals surface area contributed by atoms with Crippen LogP contribution in [-0.2, 0) is 6.54 Å². The van der Waals surface area contributed by atoms with Gasteiger partial charge in [0.2, 0.25) is 0 Å². The minimum atomic E-state index is -0.385. The lowest BCUT2D eigenvalue weighted by Crippen LogP contribution is -2.46. The van der Waals surface area contributed by atoms with Gasteiger partial charge in [0.1, 0.15) is 5.52 Å². The molecule has 2 aromatic heterocycles. The molecule has 32 heavy (non-hydrogen) atoms. The predicted molar refractivity (Wildman–Crippen MR) is 119 cm³/mol. The number of piperazine rings is 1. The number of aromatic nitrogens is 3. The van der Waals surface area contributed by atoms with Crippen molar-refractivity contribution in [1.82, 2.24) is 19.4 Å². The molecule has 0 saturated carbocycles. The van der Waals surface area contributed by atoms with Gasteiger partial charge in [0.05, 0.1) is 29.7 Å². The highest BCUT2D eigenvalue weighted by atomic mass is 19.1. The van der Waals surface area contributed by atoms with Crippen LogP contribution < -0.4 is 4.90 Å². The molecular weight excluding hydrogens is 407 g/mol. The minimum absolute atomic E-state index is 0.121. The van der Waals surface area contributed by atoms with E-state index in [1.165, 1.54) is 6.07 Å². The molecule has 1 fully saturated rings. The largest absolute Gasteiger partial charge is 0.420 e. The van der Waals surface area contributed by atoms with Gasteiger partial charge in [-0.3, -0.25) is 4.90 Å². The fourth-order valence-corrected chi connectivity index (χ4v) is 4.17. The number of nitriles is 1. The summed E-state index contributed by atoms with van der Waals surface area (Å²) in [5.41, 5.74) is 3.69. The zero-order valence-corrected chi connectivity index (χ0v) is 17.8. The van der Waals surface area contributed by atoms with E-state index in [4.69, 9.17) is 9.68 Å². The molecule has 1 aliphatic rings. The smallest absolute Gasteiger partial charge is 0.298 e. The van der Waals surface area contributed by atoms with E-state index in [2.05, 4.69) is 37.3 Å². The zero-order valence-electron chi connectivity index (χ0n) is 17.8. The van der Waals surface area contributed by atoms with Crippen LogP contribution in [-0.4, -0.2) is 45.6 Å². The summed E-state index contributed by atoms with van der Waals surface area (Å²) in [6.07, 6.45) is 3.78. The van der Waals surface area contributed by atoms with Crippen molar-refractivity contribution in [3.63, 3.8) is 0 Å². The summed E-state index contributed by atoms with van der Waals surface area (Å²) in [7, 11) is 0. The average Bonchev–Trinajstić information content (AvgIpc) is 3.47. The standard InChI is InChI=1S/C24H23FN6O/c1-17(19-7-5-18(13-26)6-8-19)31-16-27-14-20(31)15-29-9-11-30(12-10-29)24-28-22-4-2-3-21(25)23(22)32-24/h2-8,14,16-17H,9-12,15H2,1H3/t17-/m1/s1. The maximum Gasteiger partial charge on any atom is 0.298 e. The van der Waals surface area contributed by atoms with Gasteiger partial charge in [-0.15, -0.1) is 0 Å². The number of hydrogen-bond donors (Lipinski definition) is 0. The number of imidazole rings is 1. The summed E-state index contributed by atoms with van der Waals surface area (Å²) in [5.74, 6) is -0.385. The molecule has 1 saturated heterocycles. The fourth-order valence-electron chi connectivity index (χ4n) is 4.17. The Bertz CT molecular complexity index is 1260. The fraction of sp³-hybridized carbons (Fsp3) is 0.292. The number of halogens is 1. The second kappa shape index (κ2) is 8.44. The Morgan fingerprint density at radius 2 is 1.91 bits per heavy atom. The Kier molecular flexibility index (Phi) is 5.33. The number of fused-ring (bicyclic) bond motifs is 1. The molecule has 3 heterocycles. The van der Waals surface area contributed by atoms with E-state index in [1.807, 2.05) is 36.8 Å². The molecule has 0 unspecified atom stereocenters. The monoisotopic (exact) mass is 430 g/mol. The van der Waals surface area contributed by atoms with Crippen LogP contribution in [0.1, 0.15) is 29.8 Å². The molecule has 5 rings (SSSR count). The third kappa shape index (κ3) is 3.83. The summed E-state index contributed by atoms with van der Waals surface area (Å²) < 4.78 is 21.8. The van der Waals surface area contributed by atoms with Crippen LogP contribution >= 0.6 is 0 Å². The second-order valence-corrected chi connectivity index (χ2v) is 8.05. The van der Waals surface area contributed by atoms with E-state index < -0.39 is 0 Å². The number of benzene rings is 2. The summed E-state index contributed by atoms with van der Waals surface area (Å²) >= 11 is 0. The Balaban J connectivity index is 1.24. The highest BCUT2D eigenvalue weighted by molar-refractivity contribution is 5.75. The summed E-state index contributed by atoms with van der Waals surface area (Å²) in [6, 6.07) is 15.2. The first-order valence-corrected chi connectivity index (χ1v) is 10.7. The van der Waals surface area contributed by atoms with Gasteiger partial charge >= 0.3 is 0 Å². The lowest BCUT2D eigenvalue weighted by Gasteiger charge is -2.34. The zero-order chi connectivity index (χ0) is 22.1. The van der Waals surface area contributed by atoms with Crippen LogP contribution in [0.3, 0.4) is 0 Å². The van der Waals surface area contributed by atoms with E-state index in [-0.39, 0.29) is 17.4 Å². The summed E-state index contributed by atoms with van der Waals surface area (Å²) in [4.78, 5) is 13.3. The van der Waals surface area contributed by atoms with Crippen molar-refractivity contribution in [2.24, 2.45) is 0 Å². The second-order valence-electron chi connectivity index (χ2n) is 8.05. The van der Waals surface area contributed by atoms with Crippen molar-refractivity contribution < 1.29 is 8.81 Å². The van der Waals surface area contributed by atoms with Crippen LogP contribution in [0.25, 0.3) is 11.1 Å². The van der Waals surface area contributed by atoms with Gasteiger partial charge in [0.25, 0.3) is 6.01 Å². The Hall–Kier alpha value is -3.70. The first-order valence-electron chi connectivity index (χ1n) is 10.7. The van der Waals surface area contributed by atoms with Crippen LogP contribution in [0.2, 0.25) is 0 Å². The summed E-state index contributed by atoms with van der Waals surface area (Å²) in [5, 5.41) is 9.02. The first kappa shape index (κ1) is 20.2. The SMILES string of the molecule is C[C@H](c1ccc(C#N)cc1)n1cncc1CN1CCN(c2nc3cccc(F)c3o2)CC1. The quantitative estimate of drug-likeness (QED) is 0.477. The van der Waals surface area contributed by atoms with Crippen molar-refractivity contribution in [2.75, 3.05) is 31.1 Å². The van der Waals surface area contributed by atoms with Crippen LogP contribution in [0.15, 0.2) is 59.4 Å². The molecule has 0 radical (unpaired) electrons. The van der Waals surface area contributed by atoms with Crippen LogP contribution in [0.4, 0.5) is 10.4 Å². The number of rotatable bonds is 5. The third-order valence-electron chi connectivity index (χ3n) is 6.07. The number of para-hydroxylation sites is 1. The summed E-state index contributed by atoms with van der Waals surface area (Å²) in [6.45, 7) is 6.13. The van der Waals surface area contributed by atoms with Gasteiger partial charge in [-0.25, -0.2) is 9.37 Å². The van der Waals surface area contributed by atoms with E-state index in [0.29, 0.717) is 17.1 Å². The number of nitrogens with zero attached hydrogens (tertiary/aromatic N) is 6. The minimum Gasteiger partial charge on any atom is -0.420 e. The van der Waals surface area contributed by atoms with Gasteiger partial charge in [0.15, 0.2) is 11.4 Å². The molecule has 0 N–H and O–H groups in total. The molecule has 4 aromatic rings. The molecule has 0 bridgehead atoms. The molecule has 1 atom stereocenters. The van der Waals surface area contributed by atoms with Crippen molar-refractivity contribution in [2.45, 2.75) is 19.5 Å². The molecule has 1 aliphatic heterocycles. The van der Waals surface area contributed by atoms with E-state index >= 15 is 0 Å². The lowest BCUT2D eigenvalue weighted by molar-refractivity contribution is 0.239. The molecule has 2 aromatic carbocycles. The molecular formula is C24H23FN6O. The number of oxazole rings is 1. The van der Waals surface area contributed by atoms with Gasteiger partial charge in [-0.2, -0.15) is 10.2 Å². The van der Waals surface area contributed by atoms with E-state index in [9.17, 15) is 4.39 Å². The first-order chi connectivity index (χ1) is 15.6. The maximum atomic E-state index is 13.9. The topological polar surface area (TPSA) is 74.1 Å². The Labute approximate surface area is 185 Å². The number of hydrogen-bond acceptors (Lipinski definition) is 6. The van der Waals surface area contributed by atoms with Crippen LogP contribution in [0.5, 0.6) is 0 Å². The Morgan fingerprint density at radius 3 is 2.62 bits per heavy atom. The van der Waals surface area contributed by atoms with Crippen molar-refractivity contribution in [1.29, 1.82) is 5.26 Å². The van der Waals surface area contributed by atoms with Crippen molar-refractivity contribution in [3.05, 3.63) is 77.6 Å². The van der Waals surface area contributed by atoms with Crippen molar-refractivity contribution >= 4 is 17.1 Å². The van der Waals surface area contributed by atoms with E-state index in [0.717, 1.165) is 44.0 Å². The Morgan fingerprint density at radius 1 is 1.12 bits per heavy atom. The van der Waals surface area contributed by atoms with Gasteiger partial charge in [-0.05, 0) is 36.8 Å².